The first-order valence-corrected chi connectivity index (χ1v) is 9.71. The normalized spacial score (nSPS) is 12.5. The van der Waals surface area contributed by atoms with Gasteiger partial charge in [-0.2, -0.15) is 0 Å². The Morgan fingerprint density at radius 2 is 2.07 bits per heavy atom. The number of nitro benzene ring substituents is 1. The van der Waals surface area contributed by atoms with Crippen molar-refractivity contribution in [3.63, 3.8) is 0 Å². The van der Waals surface area contributed by atoms with Gasteiger partial charge in [-0.15, -0.1) is 11.3 Å². The van der Waals surface area contributed by atoms with Gasteiger partial charge in [0, 0.05) is 30.1 Å². The lowest BCUT2D eigenvalue weighted by Gasteiger charge is -2.15. The maximum Gasteiger partial charge on any atom is 0.269 e. The van der Waals surface area contributed by atoms with Crippen molar-refractivity contribution in [3.8, 4) is 5.75 Å². The summed E-state index contributed by atoms with van der Waals surface area (Å²) in [5, 5.41) is 27.9. The fourth-order valence-electron chi connectivity index (χ4n) is 2.23. The monoisotopic (exact) mass is 407 g/mol. The first-order valence-electron chi connectivity index (χ1n) is 8.89. The molecule has 0 saturated carbocycles. The summed E-state index contributed by atoms with van der Waals surface area (Å²) in [5.74, 6) is 1.04. The first-order chi connectivity index (χ1) is 13.4. The molecule has 10 heteroatoms. The quantitative estimate of drug-likeness (QED) is 0.252. The maximum absolute atomic E-state index is 10.6. The summed E-state index contributed by atoms with van der Waals surface area (Å²) >= 11 is 1.62. The number of rotatable bonds is 9. The predicted octanol–water partition coefficient (Wildman–Crippen LogP) is 2.16. The van der Waals surface area contributed by atoms with Crippen molar-refractivity contribution < 1.29 is 14.8 Å². The van der Waals surface area contributed by atoms with Crippen molar-refractivity contribution in [2.24, 2.45) is 4.99 Å². The Morgan fingerprint density at radius 1 is 1.36 bits per heavy atom. The van der Waals surface area contributed by atoms with E-state index in [0.717, 1.165) is 10.7 Å². The lowest BCUT2D eigenvalue weighted by Crippen LogP contribution is -2.42. The van der Waals surface area contributed by atoms with Crippen LogP contribution >= 0.6 is 11.3 Å². The lowest BCUT2D eigenvalue weighted by molar-refractivity contribution is -0.384. The van der Waals surface area contributed by atoms with Gasteiger partial charge in [-0.25, -0.2) is 9.98 Å². The number of ether oxygens (including phenoxy) is 1. The Kier molecular flexibility index (Phi) is 8.15. The van der Waals surface area contributed by atoms with Gasteiger partial charge >= 0.3 is 0 Å². The summed E-state index contributed by atoms with van der Waals surface area (Å²) in [6, 6.07) is 5.72. The molecule has 0 saturated heterocycles. The van der Waals surface area contributed by atoms with Crippen LogP contribution in [0.25, 0.3) is 0 Å². The van der Waals surface area contributed by atoms with Gasteiger partial charge in [-0.3, -0.25) is 10.1 Å². The molecule has 1 aromatic heterocycles. The number of aliphatic hydroxyl groups excluding tert-OH is 1. The van der Waals surface area contributed by atoms with Gasteiger partial charge in [0.25, 0.3) is 5.69 Å². The van der Waals surface area contributed by atoms with E-state index in [0.29, 0.717) is 24.8 Å². The Morgan fingerprint density at radius 3 is 2.64 bits per heavy atom. The van der Waals surface area contributed by atoms with E-state index in [1.165, 1.54) is 29.1 Å². The minimum absolute atomic E-state index is 0.00771. The molecule has 9 nitrogen and oxygen atoms in total. The highest BCUT2D eigenvalue weighted by atomic mass is 32.1. The number of aromatic nitrogens is 1. The molecule has 1 heterocycles. The largest absolute Gasteiger partial charge is 0.491 e. The molecule has 0 spiro atoms. The number of thiazole rings is 1. The predicted molar refractivity (Wildman–Crippen MR) is 109 cm³/mol. The van der Waals surface area contributed by atoms with Gasteiger partial charge in [0.15, 0.2) is 5.96 Å². The molecule has 0 amide bonds. The first kappa shape index (κ1) is 21.6. The number of nitrogens with one attached hydrogen (secondary N) is 2. The molecule has 0 fully saturated rings. The zero-order valence-corrected chi connectivity index (χ0v) is 17.0. The summed E-state index contributed by atoms with van der Waals surface area (Å²) in [4.78, 5) is 20.3. The molecule has 0 radical (unpaired) electrons. The number of hydrogen-bond acceptors (Lipinski definition) is 7. The molecule has 2 rings (SSSR count). The smallest absolute Gasteiger partial charge is 0.269 e. The molecule has 1 aromatic carbocycles. The van der Waals surface area contributed by atoms with Crippen LogP contribution in [-0.2, 0) is 6.54 Å². The van der Waals surface area contributed by atoms with E-state index >= 15 is 0 Å². The van der Waals surface area contributed by atoms with Gasteiger partial charge in [-0.05, 0) is 32.9 Å². The summed E-state index contributed by atoms with van der Waals surface area (Å²) in [6.07, 6.45) is -0.775. The van der Waals surface area contributed by atoms with Crippen molar-refractivity contribution in [3.05, 3.63) is 50.0 Å². The average molecular weight is 407 g/mol. The van der Waals surface area contributed by atoms with Crippen LogP contribution in [0.3, 0.4) is 0 Å². The van der Waals surface area contributed by atoms with Crippen molar-refractivity contribution in [1.82, 2.24) is 15.6 Å². The summed E-state index contributed by atoms with van der Waals surface area (Å²) < 4.78 is 5.46. The van der Waals surface area contributed by atoms with Crippen LogP contribution < -0.4 is 15.4 Å². The van der Waals surface area contributed by atoms with Crippen LogP contribution in [-0.4, -0.2) is 46.8 Å². The van der Waals surface area contributed by atoms with E-state index in [2.05, 4.69) is 20.6 Å². The van der Waals surface area contributed by atoms with Crippen LogP contribution in [0.15, 0.2) is 29.3 Å². The van der Waals surface area contributed by atoms with Crippen LogP contribution in [0.4, 0.5) is 5.69 Å². The third kappa shape index (κ3) is 6.78. The molecule has 0 bridgehead atoms. The SMILES string of the molecule is CCNC(=NCc1nc(C)c(C)s1)NCC(O)COc1ccc([N+](=O)[O-])cc1. The van der Waals surface area contributed by atoms with E-state index in [4.69, 9.17) is 4.74 Å². The molecule has 28 heavy (non-hydrogen) atoms. The maximum atomic E-state index is 10.6. The Labute approximate surface area is 167 Å². The highest BCUT2D eigenvalue weighted by Crippen LogP contribution is 2.18. The third-order valence-electron chi connectivity index (χ3n) is 3.78. The minimum atomic E-state index is -0.775. The number of benzene rings is 1. The van der Waals surface area contributed by atoms with Gasteiger partial charge in [0.1, 0.15) is 23.5 Å². The van der Waals surface area contributed by atoms with Crippen molar-refractivity contribution in [2.75, 3.05) is 19.7 Å². The van der Waals surface area contributed by atoms with Gasteiger partial charge in [-0.1, -0.05) is 0 Å². The molecule has 0 aliphatic heterocycles. The second kappa shape index (κ2) is 10.6. The molecule has 2 aromatic rings. The van der Waals surface area contributed by atoms with E-state index in [1.54, 1.807) is 11.3 Å². The van der Waals surface area contributed by atoms with E-state index < -0.39 is 11.0 Å². The molecular weight excluding hydrogens is 382 g/mol. The van der Waals surface area contributed by atoms with E-state index in [-0.39, 0.29) is 18.8 Å². The van der Waals surface area contributed by atoms with Crippen LogP contribution in [0.1, 0.15) is 22.5 Å². The number of nitro groups is 1. The minimum Gasteiger partial charge on any atom is -0.491 e. The van der Waals surface area contributed by atoms with Gasteiger partial charge < -0.3 is 20.5 Å². The number of aliphatic hydroxyl groups is 1. The molecular formula is C18H25N5O4S. The molecule has 1 unspecified atom stereocenters. The van der Waals surface area contributed by atoms with E-state index in [9.17, 15) is 15.2 Å². The molecule has 0 aliphatic carbocycles. The van der Waals surface area contributed by atoms with Crippen molar-refractivity contribution in [1.29, 1.82) is 0 Å². The number of non-ortho nitro benzene ring substituents is 1. The molecule has 0 aliphatic rings. The van der Waals surface area contributed by atoms with Crippen LogP contribution in [0, 0.1) is 24.0 Å². The number of aliphatic imine (C=N–C) groups is 1. The molecule has 1 atom stereocenters. The summed E-state index contributed by atoms with van der Waals surface area (Å²) in [7, 11) is 0. The Balaban J connectivity index is 1.81. The van der Waals surface area contributed by atoms with Gasteiger partial charge in [0.05, 0.1) is 17.2 Å². The standard InChI is InChI=1S/C18H25N5O4S/c1-4-19-18(21-10-17-22-12(2)13(3)28-17)20-9-15(24)11-27-16-7-5-14(6-8-16)23(25)26/h5-8,15,24H,4,9-11H2,1-3H3,(H2,19,20,21). The van der Waals surface area contributed by atoms with Crippen LogP contribution in [0.5, 0.6) is 5.75 Å². The number of guanidine groups is 1. The van der Waals surface area contributed by atoms with Crippen molar-refractivity contribution in [2.45, 2.75) is 33.4 Å². The number of aryl methyl sites for hydroxylation is 2. The summed E-state index contributed by atoms with van der Waals surface area (Å²) in [6.45, 7) is 7.42. The highest BCUT2D eigenvalue weighted by molar-refractivity contribution is 7.11. The second-order valence-corrected chi connectivity index (χ2v) is 7.33. The number of hydrogen-bond donors (Lipinski definition) is 3. The zero-order valence-electron chi connectivity index (χ0n) is 16.1. The van der Waals surface area contributed by atoms with Crippen molar-refractivity contribution >= 4 is 23.0 Å². The fraction of sp³-hybridized carbons (Fsp3) is 0.444. The molecule has 3 N–H and O–H groups in total. The zero-order chi connectivity index (χ0) is 20.5. The Hall–Kier alpha value is -2.72. The fourth-order valence-corrected chi connectivity index (χ4v) is 3.08. The van der Waals surface area contributed by atoms with E-state index in [1.807, 2.05) is 20.8 Å². The lowest BCUT2D eigenvalue weighted by atomic mass is 10.3. The molecule has 152 valence electrons. The number of nitrogens with zero attached hydrogens (tertiary/aromatic N) is 3. The highest BCUT2D eigenvalue weighted by Gasteiger charge is 2.09. The summed E-state index contributed by atoms with van der Waals surface area (Å²) in [5.41, 5.74) is 1.01. The third-order valence-corrected chi connectivity index (χ3v) is 4.84. The second-order valence-electron chi connectivity index (χ2n) is 6.04. The topological polar surface area (TPSA) is 122 Å². The van der Waals surface area contributed by atoms with Crippen LogP contribution in [0.2, 0.25) is 0 Å². The Bertz CT molecular complexity index is 787. The van der Waals surface area contributed by atoms with Gasteiger partial charge in [0.2, 0.25) is 0 Å². The average Bonchev–Trinajstić information content (AvgIpc) is 3.00.